The highest BCUT2D eigenvalue weighted by Gasteiger charge is 2.27. The smallest absolute Gasteiger partial charge is 0.289 e. The molecule has 2 aromatic rings. The second kappa shape index (κ2) is 5.28. The molecule has 4 heteroatoms. The largest absolute Gasteiger partial charge is 0.459 e. The van der Waals surface area contributed by atoms with Gasteiger partial charge in [-0.3, -0.25) is 4.79 Å². The molecule has 1 atom stereocenters. The zero-order valence-corrected chi connectivity index (χ0v) is 10.5. The summed E-state index contributed by atoms with van der Waals surface area (Å²) in [7, 11) is 0. The highest BCUT2D eigenvalue weighted by Crippen LogP contribution is 2.23. The van der Waals surface area contributed by atoms with Gasteiger partial charge in [0.05, 0.1) is 19.4 Å². The van der Waals surface area contributed by atoms with Gasteiger partial charge in [0, 0.05) is 6.54 Å². The molecule has 98 valence electrons. The van der Waals surface area contributed by atoms with Crippen LogP contribution in [0.5, 0.6) is 0 Å². The van der Waals surface area contributed by atoms with Crippen LogP contribution < -0.4 is 0 Å². The normalized spacial score (nSPS) is 19.4. The fourth-order valence-electron chi connectivity index (χ4n) is 2.26. The topological polar surface area (TPSA) is 42.7 Å². The van der Waals surface area contributed by atoms with Gasteiger partial charge in [-0.2, -0.15) is 0 Å². The first-order valence-corrected chi connectivity index (χ1v) is 6.34. The van der Waals surface area contributed by atoms with Gasteiger partial charge in [0.25, 0.3) is 5.91 Å². The summed E-state index contributed by atoms with van der Waals surface area (Å²) in [6, 6.07) is 13.4. The molecule has 0 N–H and O–H groups in total. The van der Waals surface area contributed by atoms with Crippen LogP contribution >= 0.6 is 0 Å². The summed E-state index contributed by atoms with van der Waals surface area (Å²) in [6.45, 7) is 1.71. The molecule has 1 aliphatic heterocycles. The third-order valence-corrected chi connectivity index (χ3v) is 3.26. The third kappa shape index (κ3) is 2.53. The summed E-state index contributed by atoms with van der Waals surface area (Å²) in [4.78, 5) is 14.0. The van der Waals surface area contributed by atoms with Gasteiger partial charge in [0.15, 0.2) is 5.76 Å². The summed E-state index contributed by atoms with van der Waals surface area (Å²) < 4.78 is 10.9. The first kappa shape index (κ1) is 12.0. The van der Waals surface area contributed by atoms with Crippen molar-refractivity contribution in [2.45, 2.75) is 6.10 Å². The minimum absolute atomic E-state index is 0.0612. The number of furan rings is 1. The number of hydrogen-bond donors (Lipinski definition) is 0. The van der Waals surface area contributed by atoms with Crippen molar-refractivity contribution in [1.82, 2.24) is 4.90 Å². The Bertz CT molecular complexity index is 536. The Labute approximate surface area is 111 Å². The lowest BCUT2D eigenvalue weighted by atomic mass is 10.1. The van der Waals surface area contributed by atoms with Gasteiger partial charge in [-0.25, -0.2) is 0 Å². The van der Waals surface area contributed by atoms with Gasteiger partial charge < -0.3 is 14.1 Å². The summed E-state index contributed by atoms with van der Waals surface area (Å²) in [5.74, 6) is 0.308. The van der Waals surface area contributed by atoms with E-state index in [-0.39, 0.29) is 12.0 Å². The molecule has 0 bridgehead atoms. The van der Waals surface area contributed by atoms with Crippen LogP contribution in [0.3, 0.4) is 0 Å². The monoisotopic (exact) mass is 257 g/mol. The number of amides is 1. The summed E-state index contributed by atoms with van der Waals surface area (Å²) in [6.07, 6.45) is 1.45. The first-order valence-electron chi connectivity index (χ1n) is 6.34. The maximum atomic E-state index is 12.2. The molecule has 4 nitrogen and oxygen atoms in total. The van der Waals surface area contributed by atoms with Crippen molar-refractivity contribution in [1.29, 1.82) is 0 Å². The number of rotatable bonds is 2. The van der Waals surface area contributed by atoms with Gasteiger partial charge in [-0.15, -0.1) is 0 Å². The average molecular weight is 257 g/mol. The molecular weight excluding hydrogens is 242 g/mol. The van der Waals surface area contributed by atoms with E-state index in [4.69, 9.17) is 9.15 Å². The number of carbonyl (C=O) groups excluding carboxylic acids is 1. The van der Waals surface area contributed by atoms with Crippen LogP contribution in [0, 0.1) is 0 Å². The maximum absolute atomic E-state index is 12.2. The number of benzene rings is 1. The molecule has 2 heterocycles. The molecule has 0 saturated carbocycles. The van der Waals surface area contributed by atoms with Crippen LogP contribution in [0.15, 0.2) is 53.1 Å². The van der Waals surface area contributed by atoms with Crippen molar-refractivity contribution >= 4 is 5.91 Å². The third-order valence-electron chi connectivity index (χ3n) is 3.26. The fraction of sp³-hybridized carbons (Fsp3) is 0.267. The van der Waals surface area contributed by atoms with Gasteiger partial charge in [0.1, 0.15) is 6.10 Å². The SMILES string of the molecule is O=C(c1ccco1)N1CCOC(c2ccccc2)C1. The number of morpholine rings is 1. The van der Waals surface area contributed by atoms with E-state index in [0.29, 0.717) is 25.5 Å². The highest BCUT2D eigenvalue weighted by molar-refractivity contribution is 5.91. The zero-order valence-electron chi connectivity index (χ0n) is 10.5. The lowest BCUT2D eigenvalue weighted by Gasteiger charge is -2.32. The van der Waals surface area contributed by atoms with E-state index >= 15 is 0 Å². The molecule has 0 radical (unpaired) electrons. The summed E-state index contributed by atoms with van der Waals surface area (Å²) >= 11 is 0. The van der Waals surface area contributed by atoms with Crippen molar-refractivity contribution in [3.05, 3.63) is 60.1 Å². The number of nitrogens with zero attached hydrogens (tertiary/aromatic N) is 1. The van der Waals surface area contributed by atoms with Crippen LogP contribution in [-0.4, -0.2) is 30.5 Å². The lowest BCUT2D eigenvalue weighted by molar-refractivity contribution is -0.0237. The number of hydrogen-bond acceptors (Lipinski definition) is 3. The van der Waals surface area contributed by atoms with Gasteiger partial charge in [-0.05, 0) is 17.7 Å². The molecule has 1 aromatic carbocycles. The minimum atomic E-state index is -0.0748. The molecule has 0 spiro atoms. The Morgan fingerprint density at radius 2 is 2.00 bits per heavy atom. The van der Waals surface area contributed by atoms with E-state index in [0.717, 1.165) is 5.56 Å². The van der Waals surface area contributed by atoms with E-state index < -0.39 is 0 Å². The van der Waals surface area contributed by atoms with Crippen LogP contribution in [0.1, 0.15) is 22.2 Å². The maximum Gasteiger partial charge on any atom is 0.289 e. The Balaban J connectivity index is 1.73. The summed E-state index contributed by atoms with van der Waals surface area (Å²) in [5, 5.41) is 0. The van der Waals surface area contributed by atoms with Gasteiger partial charge in [-0.1, -0.05) is 30.3 Å². The van der Waals surface area contributed by atoms with Crippen molar-refractivity contribution in [2.75, 3.05) is 19.7 Å². The lowest BCUT2D eigenvalue weighted by Crippen LogP contribution is -2.42. The Kier molecular flexibility index (Phi) is 3.33. The molecular formula is C15H15NO3. The van der Waals surface area contributed by atoms with Crippen molar-refractivity contribution in [2.24, 2.45) is 0 Å². The van der Waals surface area contributed by atoms with Crippen molar-refractivity contribution in [3.8, 4) is 0 Å². The number of carbonyl (C=O) groups is 1. The predicted octanol–water partition coefficient (Wildman–Crippen LogP) is 2.49. The molecule has 0 aliphatic carbocycles. The molecule has 3 rings (SSSR count). The minimum Gasteiger partial charge on any atom is -0.459 e. The molecule has 1 unspecified atom stereocenters. The quantitative estimate of drug-likeness (QED) is 0.830. The van der Waals surface area contributed by atoms with E-state index in [2.05, 4.69) is 0 Å². The van der Waals surface area contributed by atoms with Gasteiger partial charge >= 0.3 is 0 Å². The summed E-state index contributed by atoms with van der Waals surface area (Å²) in [5.41, 5.74) is 1.10. The molecule has 1 fully saturated rings. The highest BCUT2D eigenvalue weighted by atomic mass is 16.5. The Morgan fingerprint density at radius 3 is 2.74 bits per heavy atom. The fourth-order valence-corrected chi connectivity index (χ4v) is 2.26. The van der Waals surface area contributed by atoms with Crippen molar-refractivity contribution < 1.29 is 13.9 Å². The molecule has 1 saturated heterocycles. The predicted molar refractivity (Wildman–Crippen MR) is 69.7 cm³/mol. The van der Waals surface area contributed by atoms with Crippen LogP contribution in [0.2, 0.25) is 0 Å². The first-order chi connectivity index (χ1) is 9.34. The van der Waals surface area contributed by atoms with Crippen LogP contribution in [0.4, 0.5) is 0 Å². The van der Waals surface area contributed by atoms with E-state index in [9.17, 15) is 4.79 Å². The molecule has 1 amide bonds. The second-order valence-corrected chi connectivity index (χ2v) is 4.50. The van der Waals surface area contributed by atoms with Crippen molar-refractivity contribution in [3.63, 3.8) is 0 Å². The van der Waals surface area contributed by atoms with E-state index in [1.54, 1.807) is 17.0 Å². The second-order valence-electron chi connectivity index (χ2n) is 4.50. The Hall–Kier alpha value is -2.07. The molecule has 19 heavy (non-hydrogen) atoms. The average Bonchev–Trinajstić information content (AvgIpc) is 3.02. The molecule has 1 aliphatic rings. The number of ether oxygens (including phenoxy) is 1. The van der Waals surface area contributed by atoms with E-state index in [1.807, 2.05) is 30.3 Å². The van der Waals surface area contributed by atoms with Crippen LogP contribution in [-0.2, 0) is 4.74 Å². The Morgan fingerprint density at radius 1 is 1.16 bits per heavy atom. The van der Waals surface area contributed by atoms with Gasteiger partial charge in [0.2, 0.25) is 0 Å². The molecule has 1 aromatic heterocycles. The van der Waals surface area contributed by atoms with Crippen LogP contribution in [0.25, 0.3) is 0 Å². The zero-order chi connectivity index (χ0) is 13.1. The standard InChI is InChI=1S/C15H15NO3/c17-15(13-7-4-9-18-13)16-8-10-19-14(11-16)12-5-2-1-3-6-12/h1-7,9,14H,8,10-11H2. The van der Waals surface area contributed by atoms with E-state index in [1.165, 1.54) is 6.26 Å².